The van der Waals surface area contributed by atoms with Gasteiger partial charge in [-0.15, -0.1) is 0 Å². The van der Waals surface area contributed by atoms with E-state index in [1.54, 1.807) is 19.1 Å². The van der Waals surface area contributed by atoms with Crippen LogP contribution in [0, 0.1) is 29.1 Å². The number of aliphatic hydroxyl groups is 6. The molecule has 12 heteroatoms. The van der Waals surface area contributed by atoms with E-state index in [0.717, 1.165) is 6.42 Å². The second-order valence-electron chi connectivity index (χ2n) is 16.8. The largest absolute Gasteiger partial charge is 0.493 e. The van der Waals surface area contributed by atoms with E-state index in [-0.39, 0.29) is 24.9 Å². The Kier molecular flexibility index (Phi) is 6.94. The number of benzene rings is 1. The van der Waals surface area contributed by atoms with Crippen molar-refractivity contribution in [2.24, 2.45) is 29.1 Å². The topological polar surface area (TPSA) is 179 Å². The molecular formula is C36H51NO11. The van der Waals surface area contributed by atoms with E-state index >= 15 is 0 Å². The maximum absolute atomic E-state index is 13.5. The van der Waals surface area contributed by atoms with Gasteiger partial charge in [-0.2, -0.15) is 0 Å². The van der Waals surface area contributed by atoms with Crippen LogP contribution in [0.3, 0.4) is 0 Å². The lowest BCUT2D eigenvalue weighted by molar-refractivity contribution is -0.354. The number of rotatable bonds is 4. The van der Waals surface area contributed by atoms with Gasteiger partial charge >= 0.3 is 5.97 Å². The minimum atomic E-state index is -2.10. The van der Waals surface area contributed by atoms with E-state index < -0.39 is 81.2 Å². The van der Waals surface area contributed by atoms with Crippen LogP contribution < -0.4 is 9.47 Å². The number of esters is 1. The van der Waals surface area contributed by atoms with Gasteiger partial charge in [-0.25, -0.2) is 4.79 Å². The molecule has 0 amide bonds. The number of fused-ring (bicyclic) bond motifs is 5. The Morgan fingerprint density at radius 3 is 2.31 bits per heavy atom. The summed E-state index contributed by atoms with van der Waals surface area (Å²) in [6, 6.07) is 4.28. The summed E-state index contributed by atoms with van der Waals surface area (Å²) in [5.41, 5.74) is -9.44. The second-order valence-corrected chi connectivity index (χ2v) is 16.8. The van der Waals surface area contributed by atoms with Gasteiger partial charge in [-0.1, -0.05) is 13.8 Å². The predicted molar refractivity (Wildman–Crippen MR) is 169 cm³/mol. The van der Waals surface area contributed by atoms with E-state index in [1.807, 2.05) is 6.92 Å². The van der Waals surface area contributed by atoms with Gasteiger partial charge in [-0.3, -0.25) is 4.90 Å². The Hall–Kier alpha value is -2.03. The van der Waals surface area contributed by atoms with Gasteiger partial charge in [-0.05, 0) is 69.6 Å². The average Bonchev–Trinajstić information content (AvgIpc) is 3.21. The Bertz CT molecular complexity index is 1520. The first-order valence-electron chi connectivity index (χ1n) is 17.6. The van der Waals surface area contributed by atoms with Crippen molar-refractivity contribution in [3.63, 3.8) is 0 Å². The van der Waals surface area contributed by atoms with Crippen LogP contribution in [0.5, 0.6) is 11.5 Å². The molecule has 8 rings (SSSR count). The zero-order valence-electron chi connectivity index (χ0n) is 28.5. The molecule has 7 aliphatic rings. The van der Waals surface area contributed by atoms with Crippen molar-refractivity contribution < 1.29 is 54.4 Å². The summed E-state index contributed by atoms with van der Waals surface area (Å²) in [5.74, 6) is -3.63. The summed E-state index contributed by atoms with van der Waals surface area (Å²) in [4.78, 5) is 15.6. The Balaban J connectivity index is 1.16. The second kappa shape index (κ2) is 10.1. The summed E-state index contributed by atoms with van der Waals surface area (Å²) < 4.78 is 23.5. The highest BCUT2D eigenvalue weighted by Crippen LogP contribution is 2.78. The van der Waals surface area contributed by atoms with E-state index in [2.05, 4.69) is 11.8 Å². The van der Waals surface area contributed by atoms with Crippen molar-refractivity contribution in [1.82, 2.24) is 4.90 Å². The molecule has 12 nitrogen and oxygen atoms in total. The molecule has 1 aromatic carbocycles. The highest BCUT2D eigenvalue weighted by Gasteiger charge is 2.88. The number of hydrogen-bond donors (Lipinski definition) is 6. The first kappa shape index (κ1) is 33.1. The van der Waals surface area contributed by atoms with Crippen molar-refractivity contribution in [3.05, 3.63) is 23.8 Å². The molecule has 6 N–H and O–H groups in total. The van der Waals surface area contributed by atoms with Crippen molar-refractivity contribution >= 4 is 5.97 Å². The van der Waals surface area contributed by atoms with Crippen LogP contribution >= 0.6 is 0 Å². The number of piperidine rings is 2. The zero-order chi connectivity index (χ0) is 34.4. The third-order valence-electron chi connectivity index (χ3n) is 14.9. The summed E-state index contributed by atoms with van der Waals surface area (Å²) in [6.07, 6.45) is 0.172. The highest BCUT2D eigenvalue weighted by atomic mass is 16.7. The van der Waals surface area contributed by atoms with Gasteiger partial charge in [0.1, 0.15) is 22.4 Å². The number of ether oxygens (including phenoxy) is 4. The fourth-order valence-electron chi connectivity index (χ4n) is 12.6. The lowest BCUT2D eigenvalue weighted by Gasteiger charge is -2.68. The number of hydrogen-bond acceptors (Lipinski definition) is 12. The molecule has 266 valence electrons. The summed E-state index contributed by atoms with van der Waals surface area (Å²) in [5, 5.41) is 74.7. The molecule has 1 spiro atoms. The maximum Gasteiger partial charge on any atom is 0.338 e. The van der Waals surface area contributed by atoms with Crippen LogP contribution in [-0.4, -0.2) is 121 Å². The maximum atomic E-state index is 13.5. The summed E-state index contributed by atoms with van der Waals surface area (Å²) in [6.45, 7) is 6.57. The molecule has 4 saturated carbocycles. The molecule has 3 heterocycles. The molecule has 3 aliphatic heterocycles. The molecule has 0 unspecified atom stereocenters. The molecule has 3 saturated heterocycles. The molecule has 0 radical (unpaired) electrons. The highest BCUT2D eigenvalue weighted by molar-refractivity contribution is 5.90. The molecule has 4 bridgehead atoms. The van der Waals surface area contributed by atoms with Crippen molar-refractivity contribution in [2.75, 3.05) is 27.3 Å². The average molecular weight is 674 g/mol. The van der Waals surface area contributed by atoms with Gasteiger partial charge in [0.2, 0.25) is 5.79 Å². The lowest BCUT2D eigenvalue weighted by atomic mass is 9.49. The molecule has 0 aromatic heterocycles. The predicted octanol–water partition coefficient (Wildman–Crippen LogP) is 1.36. The molecule has 7 fully saturated rings. The van der Waals surface area contributed by atoms with Crippen LogP contribution in [0.1, 0.15) is 82.5 Å². The summed E-state index contributed by atoms with van der Waals surface area (Å²) >= 11 is 0. The third kappa shape index (κ3) is 3.66. The molecule has 48 heavy (non-hydrogen) atoms. The van der Waals surface area contributed by atoms with Crippen molar-refractivity contribution in [1.29, 1.82) is 0 Å². The molecule has 1 aromatic rings. The number of carbonyl (C=O) groups excluding carboxylic acids is 1. The third-order valence-corrected chi connectivity index (χ3v) is 14.9. The number of methoxy groups -OCH3 is 2. The fraction of sp³-hybridized carbons (Fsp3) is 0.806. The van der Waals surface area contributed by atoms with Gasteiger partial charge in [0.25, 0.3) is 0 Å². The van der Waals surface area contributed by atoms with Crippen LogP contribution in [0.2, 0.25) is 0 Å². The van der Waals surface area contributed by atoms with Crippen LogP contribution in [0.15, 0.2) is 18.2 Å². The molecular weight excluding hydrogens is 622 g/mol. The Morgan fingerprint density at radius 2 is 1.60 bits per heavy atom. The quantitative estimate of drug-likeness (QED) is 0.253. The minimum absolute atomic E-state index is 0.101. The lowest BCUT2D eigenvalue weighted by Crippen LogP contribution is -2.85. The van der Waals surface area contributed by atoms with E-state index in [9.17, 15) is 35.4 Å². The standard InChI is InChI=1S/C36H51NO11/c1-19-6-11-26-31(3,40)35(43)25(17-37(26)16-19)33(42)18-34-24(32(33,41)15-27(35)38)10-9-23-30(34,2)13-12-28(36(23,44)48-34)47-29(39)20-7-8-21(45-4)22(14-20)46-5/h7-8,14,19,23-28,38,40-44H,6,9-13,15-18H2,1-5H3/t19-,23-,24-,25-,26-,27-,28-,30-,31+,32+,33+,34+,35-,36-/m0/s1. The Morgan fingerprint density at radius 1 is 0.896 bits per heavy atom. The zero-order valence-corrected chi connectivity index (χ0v) is 28.5. The van der Waals surface area contributed by atoms with Crippen LogP contribution in [0.25, 0.3) is 0 Å². The van der Waals surface area contributed by atoms with E-state index in [4.69, 9.17) is 18.9 Å². The minimum Gasteiger partial charge on any atom is -0.493 e. The van der Waals surface area contributed by atoms with Gasteiger partial charge in [0.05, 0.1) is 31.5 Å². The Labute approximate surface area is 280 Å². The molecule has 4 aliphatic carbocycles. The summed E-state index contributed by atoms with van der Waals surface area (Å²) in [7, 11) is 2.97. The van der Waals surface area contributed by atoms with E-state index in [0.29, 0.717) is 56.1 Å². The normalized spacial score (nSPS) is 53.6. The van der Waals surface area contributed by atoms with Gasteiger partial charge in [0, 0.05) is 55.1 Å². The SMILES string of the molecule is COc1ccc(C(=O)O[C@H]2CC[C@@]3(C)[C@@H]4CC[C@H]5[C@]6(O)C[C@H](O)[C@@]7(O)[C@@H](CN8C[C@@H](C)CC[C@H]8[C@@]7(C)O)[C@]6(O)C[C@@]53O[C@]24O)cc1OC. The number of carbonyl (C=O) groups is 1. The first-order valence-corrected chi connectivity index (χ1v) is 17.6. The van der Waals surface area contributed by atoms with Crippen LogP contribution in [-0.2, 0) is 9.47 Å². The van der Waals surface area contributed by atoms with Crippen LogP contribution in [0.4, 0.5) is 0 Å². The van der Waals surface area contributed by atoms with Gasteiger partial charge < -0.3 is 49.6 Å². The monoisotopic (exact) mass is 673 g/mol. The first-order chi connectivity index (χ1) is 22.5. The molecule has 14 atom stereocenters. The number of nitrogens with zero attached hydrogens (tertiary/aromatic N) is 1. The fourth-order valence-corrected chi connectivity index (χ4v) is 12.6. The smallest absolute Gasteiger partial charge is 0.338 e. The van der Waals surface area contributed by atoms with Gasteiger partial charge in [0.15, 0.2) is 17.6 Å². The van der Waals surface area contributed by atoms with Crippen molar-refractivity contribution in [2.45, 2.75) is 124 Å². The van der Waals surface area contributed by atoms with E-state index in [1.165, 1.54) is 20.3 Å². The van der Waals surface area contributed by atoms with Crippen molar-refractivity contribution in [3.8, 4) is 11.5 Å². The number of aliphatic hydroxyl groups excluding tert-OH is 1.